The molecule has 4 nitrogen and oxygen atoms in total. The molecule has 0 radical (unpaired) electrons. The van der Waals surface area contributed by atoms with E-state index < -0.39 is 0 Å². The second-order valence-corrected chi connectivity index (χ2v) is 6.13. The van der Waals surface area contributed by atoms with Crippen LogP contribution in [0.2, 0.25) is 0 Å². The quantitative estimate of drug-likeness (QED) is 0.274. The van der Waals surface area contributed by atoms with Crippen molar-refractivity contribution in [2.24, 2.45) is 11.5 Å². The summed E-state index contributed by atoms with van der Waals surface area (Å²) >= 11 is 0. The molecule has 20 heavy (non-hydrogen) atoms. The predicted octanol–water partition coefficient (Wildman–Crippen LogP) is 1.93. The van der Waals surface area contributed by atoms with Crippen molar-refractivity contribution in [2.75, 3.05) is 50.8 Å². The molecule has 6 N–H and O–H groups in total. The summed E-state index contributed by atoms with van der Waals surface area (Å²) in [7, 11) is 3.87. The Bertz CT molecular complexity index is 128. The lowest BCUT2D eigenvalue weighted by Crippen LogP contribution is -2.21. The van der Waals surface area contributed by atoms with Crippen molar-refractivity contribution in [1.29, 1.82) is 0 Å². The monoisotopic (exact) mass is 410 g/mol. The highest BCUT2D eigenvalue weighted by Gasteiger charge is 1.91. The first-order valence-corrected chi connectivity index (χ1v) is 8.46. The number of nitrogens with two attached hydrogens (primary N) is 2. The molecule has 0 aromatic heterocycles. The van der Waals surface area contributed by atoms with E-state index in [0.717, 1.165) is 63.6 Å². The third-order valence-corrected chi connectivity index (χ3v) is 4.33. The molecule has 0 amide bonds. The van der Waals surface area contributed by atoms with Crippen LogP contribution in [0.15, 0.2) is 0 Å². The highest BCUT2D eigenvalue weighted by atomic mass is 35.5. The van der Waals surface area contributed by atoms with E-state index in [9.17, 15) is 0 Å². The molecule has 0 rings (SSSR count). The van der Waals surface area contributed by atoms with Gasteiger partial charge in [-0.2, -0.15) is 0 Å². The summed E-state index contributed by atoms with van der Waals surface area (Å²) in [5, 5.41) is 6.72. The summed E-state index contributed by atoms with van der Waals surface area (Å²) in [6, 6.07) is 0. The minimum absolute atomic E-state index is 0. The van der Waals surface area contributed by atoms with E-state index in [0.29, 0.717) is 0 Å². The lowest BCUT2D eigenvalue weighted by Gasteiger charge is -2.04. The minimum Gasteiger partial charge on any atom is -0.330 e. The summed E-state index contributed by atoms with van der Waals surface area (Å²) in [6.07, 6.45) is 2.14. The van der Waals surface area contributed by atoms with Gasteiger partial charge in [0.1, 0.15) is 0 Å². The molecule has 0 aliphatic rings. The van der Waals surface area contributed by atoms with Gasteiger partial charge in [0.05, 0.1) is 0 Å². The molecule has 0 unspecified atom stereocenters. The molecule has 0 aliphatic carbocycles. The molecule has 0 aromatic rings. The van der Waals surface area contributed by atoms with E-state index in [1.807, 2.05) is 21.6 Å². The number of nitrogens with one attached hydrogen (secondary N) is 2. The molecule has 0 fully saturated rings. The maximum absolute atomic E-state index is 5.39. The third-order valence-electron chi connectivity index (χ3n) is 1.92. The summed E-state index contributed by atoms with van der Waals surface area (Å²) < 4.78 is 0. The fraction of sp³-hybridized carbons (Fsp3) is 1.00. The van der Waals surface area contributed by atoms with Crippen molar-refractivity contribution in [3.63, 3.8) is 0 Å². The van der Waals surface area contributed by atoms with E-state index in [-0.39, 0.29) is 49.6 Å². The van der Waals surface area contributed by atoms with Gasteiger partial charge in [-0.25, -0.2) is 0 Å². The Morgan fingerprint density at radius 2 is 0.950 bits per heavy atom. The zero-order valence-electron chi connectivity index (χ0n) is 11.7. The average molecular weight is 412 g/mol. The van der Waals surface area contributed by atoms with E-state index in [1.165, 1.54) is 0 Å². The maximum Gasteiger partial charge on any atom is 0.0162 e. The van der Waals surface area contributed by atoms with Gasteiger partial charge in [0.15, 0.2) is 0 Å². The van der Waals surface area contributed by atoms with Crippen LogP contribution < -0.4 is 22.1 Å². The van der Waals surface area contributed by atoms with Gasteiger partial charge in [0, 0.05) is 24.6 Å². The highest BCUT2D eigenvalue weighted by molar-refractivity contribution is 8.76. The Morgan fingerprint density at radius 3 is 1.25 bits per heavy atom. The summed E-state index contributed by atoms with van der Waals surface area (Å²) in [6.45, 7) is 5.81. The van der Waals surface area contributed by atoms with Crippen molar-refractivity contribution in [2.45, 2.75) is 12.8 Å². The topological polar surface area (TPSA) is 76.1 Å². The number of rotatable bonds is 13. The van der Waals surface area contributed by atoms with Gasteiger partial charge in [-0.15, -0.1) is 49.6 Å². The zero-order chi connectivity index (χ0) is 11.9. The van der Waals surface area contributed by atoms with Crippen LogP contribution in [0.4, 0.5) is 0 Å². The fourth-order valence-corrected chi connectivity index (χ4v) is 2.95. The molecule has 10 heteroatoms. The molecule has 130 valence electrons. The third kappa shape index (κ3) is 31.9. The summed E-state index contributed by atoms with van der Waals surface area (Å²) in [5.74, 6) is 2.33. The molecule has 0 aromatic carbocycles. The standard InChI is InChI=1S/C10H26N4S2.4ClH/c11-3-1-5-13-7-9-15-16-10-8-14-6-2-4-12;;;;/h13-14H,1-12H2;4*1H. The van der Waals surface area contributed by atoms with E-state index in [4.69, 9.17) is 11.5 Å². The normalized spacial score (nSPS) is 8.70. The minimum atomic E-state index is 0. The molecule has 0 heterocycles. The Kier molecular flexibility index (Phi) is 54.3. The largest absolute Gasteiger partial charge is 0.330 e. The molecular formula is C10H30Cl4N4S2. The van der Waals surface area contributed by atoms with Gasteiger partial charge in [0.25, 0.3) is 0 Å². The van der Waals surface area contributed by atoms with Gasteiger partial charge in [-0.1, -0.05) is 21.6 Å². The first kappa shape index (κ1) is 33.3. The van der Waals surface area contributed by atoms with Crippen LogP contribution in [0.3, 0.4) is 0 Å². The highest BCUT2D eigenvalue weighted by Crippen LogP contribution is 2.19. The Morgan fingerprint density at radius 1 is 0.600 bits per heavy atom. The Balaban J connectivity index is -0.000000187. The van der Waals surface area contributed by atoms with Crippen LogP contribution in [0.25, 0.3) is 0 Å². The van der Waals surface area contributed by atoms with Gasteiger partial charge >= 0.3 is 0 Å². The van der Waals surface area contributed by atoms with Crippen molar-refractivity contribution >= 4 is 71.2 Å². The smallest absolute Gasteiger partial charge is 0.0162 e. The Hall–Kier alpha value is 1.70. The van der Waals surface area contributed by atoms with Crippen molar-refractivity contribution in [3.8, 4) is 0 Å². The Labute approximate surface area is 156 Å². The van der Waals surface area contributed by atoms with E-state index >= 15 is 0 Å². The molecular weight excluding hydrogens is 382 g/mol. The second kappa shape index (κ2) is 32.6. The van der Waals surface area contributed by atoms with Crippen molar-refractivity contribution in [3.05, 3.63) is 0 Å². The van der Waals surface area contributed by atoms with Crippen molar-refractivity contribution < 1.29 is 0 Å². The van der Waals surface area contributed by atoms with Crippen LogP contribution in [-0.2, 0) is 0 Å². The van der Waals surface area contributed by atoms with Gasteiger partial charge in [0.2, 0.25) is 0 Å². The number of hydrogen-bond acceptors (Lipinski definition) is 6. The molecule has 0 aliphatic heterocycles. The number of hydrogen-bond donors (Lipinski definition) is 4. The zero-order valence-corrected chi connectivity index (χ0v) is 16.6. The molecule has 0 saturated carbocycles. The van der Waals surface area contributed by atoms with Crippen LogP contribution >= 0.6 is 71.2 Å². The predicted molar refractivity (Wildman–Crippen MR) is 107 cm³/mol. The van der Waals surface area contributed by atoms with E-state index in [2.05, 4.69) is 10.6 Å². The van der Waals surface area contributed by atoms with Gasteiger partial charge in [-0.3, -0.25) is 0 Å². The van der Waals surface area contributed by atoms with Gasteiger partial charge < -0.3 is 22.1 Å². The first-order valence-electron chi connectivity index (χ1n) is 5.97. The lowest BCUT2D eigenvalue weighted by molar-refractivity contribution is 0.682. The molecule has 0 spiro atoms. The SMILES string of the molecule is Cl.Cl.Cl.Cl.NCCCNCCSSCCNCCCN. The van der Waals surface area contributed by atoms with Gasteiger partial charge in [-0.05, 0) is 39.0 Å². The first-order chi connectivity index (χ1) is 7.91. The average Bonchev–Trinajstić information content (AvgIpc) is 2.31. The van der Waals surface area contributed by atoms with E-state index in [1.54, 1.807) is 0 Å². The molecule has 0 bridgehead atoms. The lowest BCUT2D eigenvalue weighted by atomic mass is 10.4. The fourth-order valence-electron chi connectivity index (χ4n) is 1.05. The maximum atomic E-state index is 5.39. The molecule has 0 saturated heterocycles. The number of halogens is 4. The molecule has 0 atom stereocenters. The van der Waals surface area contributed by atoms with Crippen LogP contribution in [0.1, 0.15) is 12.8 Å². The van der Waals surface area contributed by atoms with Crippen LogP contribution in [0.5, 0.6) is 0 Å². The van der Waals surface area contributed by atoms with Crippen molar-refractivity contribution in [1.82, 2.24) is 10.6 Å². The summed E-state index contributed by atoms with van der Waals surface area (Å²) in [4.78, 5) is 0. The van der Waals surface area contributed by atoms with Crippen LogP contribution in [-0.4, -0.2) is 50.8 Å². The van der Waals surface area contributed by atoms with Crippen LogP contribution in [0, 0.1) is 0 Å². The second-order valence-electron chi connectivity index (χ2n) is 3.43. The summed E-state index contributed by atoms with van der Waals surface area (Å²) in [5.41, 5.74) is 10.8.